The maximum absolute atomic E-state index is 11.6. The molecule has 2 aromatic heterocycles. The summed E-state index contributed by atoms with van der Waals surface area (Å²) in [7, 11) is 0. The zero-order valence-electron chi connectivity index (χ0n) is 13.8. The van der Waals surface area contributed by atoms with Crippen molar-refractivity contribution in [3.8, 4) is 17.1 Å². The van der Waals surface area contributed by atoms with Crippen LogP contribution in [0.5, 0.6) is 0 Å². The Morgan fingerprint density at radius 1 is 0.885 bits per heavy atom. The van der Waals surface area contributed by atoms with E-state index in [1.165, 1.54) is 0 Å². The van der Waals surface area contributed by atoms with Gasteiger partial charge in [0.1, 0.15) is 11.3 Å². The molecule has 5 rings (SSSR count). The number of aromatic nitrogens is 2. The van der Waals surface area contributed by atoms with Gasteiger partial charge in [0.05, 0.1) is 11.3 Å². The van der Waals surface area contributed by atoms with Crippen LogP contribution in [0.1, 0.15) is 10.4 Å². The van der Waals surface area contributed by atoms with E-state index in [2.05, 4.69) is 17.2 Å². The van der Waals surface area contributed by atoms with E-state index in [9.17, 15) is 4.79 Å². The number of benzene rings is 3. The molecular formula is C22H14N2O2. The van der Waals surface area contributed by atoms with Crippen molar-refractivity contribution >= 4 is 28.0 Å². The molecule has 0 bridgehead atoms. The third-order valence-corrected chi connectivity index (χ3v) is 4.55. The van der Waals surface area contributed by atoms with Gasteiger partial charge in [0.25, 0.3) is 0 Å². The van der Waals surface area contributed by atoms with Crippen LogP contribution >= 0.6 is 0 Å². The Balaban J connectivity index is 1.71. The van der Waals surface area contributed by atoms with E-state index >= 15 is 0 Å². The predicted molar refractivity (Wildman–Crippen MR) is 102 cm³/mol. The summed E-state index contributed by atoms with van der Waals surface area (Å²) in [4.78, 5) is 11.6. The highest BCUT2D eigenvalue weighted by Gasteiger charge is 2.17. The summed E-state index contributed by atoms with van der Waals surface area (Å²) < 4.78 is 7.72. The van der Waals surface area contributed by atoms with E-state index < -0.39 is 0 Å². The van der Waals surface area contributed by atoms with Crippen molar-refractivity contribution in [2.24, 2.45) is 0 Å². The molecule has 0 saturated heterocycles. The van der Waals surface area contributed by atoms with Crippen molar-refractivity contribution in [2.45, 2.75) is 0 Å². The molecule has 0 aliphatic rings. The number of carbonyl (C=O) groups excluding carboxylic acids is 1. The fourth-order valence-electron chi connectivity index (χ4n) is 3.29. The summed E-state index contributed by atoms with van der Waals surface area (Å²) in [5, 5.41) is 7.88. The molecule has 0 aliphatic heterocycles. The summed E-state index contributed by atoms with van der Waals surface area (Å²) in [5.41, 5.74) is 2.72. The molecule has 2 heterocycles. The zero-order valence-corrected chi connectivity index (χ0v) is 13.8. The summed E-state index contributed by atoms with van der Waals surface area (Å²) in [5.74, 6) is 0.591. The second kappa shape index (κ2) is 5.70. The minimum absolute atomic E-state index is 0.497. The number of fused-ring (bicyclic) bond motifs is 3. The van der Waals surface area contributed by atoms with Crippen LogP contribution in [0, 0.1) is 0 Å². The Kier molecular flexibility index (Phi) is 3.22. The average Bonchev–Trinajstić information content (AvgIpc) is 3.32. The summed E-state index contributed by atoms with van der Waals surface area (Å²) in [6.45, 7) is 0. The van der Waals surface area contributed by atoms with Crippen LogP contribution in [-0.2, 0) is 0 Å². The fraction of sp³-hybridized carbons (Fsp3) is 0. The number of nitrogens with zero attached hydrogens (tertiary/aromatic N) is 2. The van der Waals surface area contributed by atoms with E-state index in [4.69, 9.17) is 4.42 Å². The van der Waals surface area contributed by atoms with E-state index in [0.29, 0.717) is 17.0 Å². The number of carbonyl (C=O) groups is 1. The number of furan rings is 1. The highest BCUT2D eigenvalue weighted by molar-refractivity contribution is 6.07. The topological polar surface area (TPSA) is 48.0 Å². The molecule has 124 valence electrons. The first-order valence-electron chi connectivity index (χ1n) is 8.35. The van der Waals surface area contributed by atoms with Crippen LogP contribution in [-0.4, -0.2) is 16.1 Å². The van der Waals surface area contributed by atoms with E-state index in [-0.39, 0.29) is 0 Å². The first-order chi connectivity index (χ1) is 12.8. The molecule has 0 amide bonds. The first kappa shape index (κ1) is 14.7. The number of para-hydroxylation sites is 1. The Morgan fingerprint density at radius 3 is 2.54 bits per heavy atom. The fourth-order valence-corrected chi connectivity index (χ4v) is 3.29. The molecule has 4 nitrogen and oxygen atoms in total. The van der Waals surface area contributed by atoms with Gasteiger partial charge in [-0.2, -0.15) is 5.10 Å². The maximum Gasteiger partial charge on any atom is 0.156 e. The third kappa shape index (κ3) is 2.24. The minimum Gasteiger partial charge on any atom is -0.454 e. The van der Waals surface area contributed by atoms with Crippen molar-refractivity contribution in [3.63, 3.8) is 0 Å². The molecule has 0 atom stereocenters. The second-order valence-electron chi connectivity index (χ2n) is 6.14. The van der Waals surface area contributed by atoms with Crippen molar-refractivity contribution in [3.05, 3.63) is 84.6 Å². The lowest BCUT2D eigenvalue weighted by Crippen LogP contribution is -1.93. The van der Waals surface area contributed by atoms with Crippen LogP contribution < -0.4 is 0 Å². The third-order valence-electron chi connectivity index (χ3n) is 4.55. The zero-order chi connectivity index (χ0) is 17.5. The molecule has 5 aromatic rings. The van der Waals surface area contributed by atoms with Crippen LogP contribution in [0.15, 0.2) is 83.4 Å². The van der Waals surface area contributed by atoms with E-state index in [1.807, 2.05) is 60.7 Å². The molecule has 0 fully saturated rings. The molecule has 26 heavy (non-hydrogen) atoms. The highest BCUT2D eigenvalue weighted by Crippen LogP contribution is 2.33. The molecule has 0 unspecified atom stereocenters. The molecule has 0 saturated carbocycles. The van der Waals surface area contributed by atoms with Gasteiger partial charge < -0.3 is 4.42 Å². The summed E-state index contributed by atoms with van der Waals surface area (Å²) in [6, 6.07) is 23.8. The van der Waals surface area contributed by atoms with E-state index in [0.717, 1.165) is 33.7 Å². The van der Waals surface area contributed by atoms with Gasteiger partial charge >= 0.3 is 0 Å². The number of rotatable bonds is 3. The molecule has 4 heteroatoms. The van der Waals surface area contributed by atoms with Crippen LogP contribution in [0.25, 0.3) is 38.9 Å². The van der Waals surface area contributed by atoms with Gasteiger partial charge in [0.15, 0.2) is 12.0 Å². The molecule has 0 radical (unpaired) electrons. The number of aldehydes is 1. The molecule has 0 spiro atoms. The Hall–Kier alpha value is -3.66. The molecule has 0 N–H and O–H groups in total. The molecular weight excluding hydrogens is 324 g/mol. The Bertz CT molecular complexity index is 1250. The first-order valence-corrected chi connectivity index (χ1v) is 8.35. The number of hydrogen-bond donors (Lipinski definition) is 0. The van der Waals surface area contributed by atoms with Gasteiger partial charge in [0, 0.05) is 11.6 Å². The van der Waals surface area contributed by atoms with Gasteiger partial charge in [-0.25, -0.2) is 4.68 Å². The largest absolute Gasteiger partial charge is 0.454 e. The van der Waals surface area contributed by atoms with Crippen molar-refractivity contribution in [2.75, 3.05) is 0 Å². The van der Waals surface area contributed by atoms with E-state index in [1.54, 1.807) is 10.9 Å². The summed E-state index contributed by atoms with van der Waals surface area (Å²) in [6.07, 6.45) is 2.54. The lowest BCUT2D eigenvalue weighted by atomic mass is 10.1. The quantitative estimate of drug-likeness (QED) is 0.422. The van der Waals surface area contributed by atoms with Gasteiger partial charge in [0.2, 0.25) is 0 Å². The predicted octanol–water partition coefficient (Wildman–Crippen LogP) is 5.25. The average molecular weight is 338 g/mol. The lowest BCUT2D eigenvalue weighted by Gasteiger charge is -1.98. The van der Waals surface area contributed by atoms with Gasteiger partial charge in [-0.3, -0.25) is 4.79 Å². The van der Waals surface area contributed by atoms with Gasteiger partial charge in [-0.05, 0) is 35.0 Å². The second-order valence-corrected chi connectivity index (χ2v) is 6.14. The Labute approximate surface area is 149 Å². The summed E-state index contributed by atoms with van der Waals surface area (Å²) >= 11 is 0. The van der Waals surface area contributed by atoms with Crippen LogP contribution in [0.3, 0.4) is 0 Å². The van der Waals surface area contributed by atoms with Crippen molar-refractivity contribution in [1.29, 1.82) is 0 Å². The molecule has 3 aromatic carbocycles. The normalized spacial score (nSPS) is 11.2. The lowest BCUT2D eigenvalue weighted by molar-refractivity contribution is 0.112. The van der Waals surface area contributed by atoms with Gasteiger partial charge in [-0.1, -0.05) is 48.5 Å². The van der Waals surface area contributed by atoms with Crippen molar-refractivity contribution in [1.82, 2.24) is 9.78 Å². The SMILES string of the molecule is O=Cc1cn(-c2ccccc2)nc1-c1cc2c(ccc3ccccc32)o1. The van der Waals surface area contributed by atoms with Crippen molar-refractivity contribution < 1.29 is 9.21 Å². The smallest absolute Gasteiger partial charge is 0.156 e. The molecule has 0 aliphatic carbocycles. The number of hydrogen-bond acceptors (Lipinski definition) is 3. The van der Waals surface area contributed by atoms with Crippen LogP contribution in [0.4, 0.5) is 0 Å². The monoisotopic (exact) mass is 338 g/mol. The van der Waals surface area contributed by atoms with Gasteiger partial charge in [-0.15, -0.1) is 0 Å². The minimum atomic E-state index is 0.497. The highest BCUT2D eigenvalue weighted by atomic mass is 16.3. The van der Waals surface area contributed by atoms with Crippen LogP contribution in [0.2, 0.25) is 0 Å². The standard InChI is InChI=1S/C22H14N2O2/c25-14-16-13-24(17-7-2-1-3-8-17)23-22(16)21-12-19-18-9-5-4-6-15(18)10-11-20(19)26-21/h1-14H. The maximum atomic E-state index is 11.6. The Morgan fingerprint density at radius 2 is 1.69 bits per heavy atom.